The van der Waals surface area contributed by atoms with Crippen LogP contribution >= 0.6 is 0 Å². The highest BCUT2D eigenvalue weighted by molar-refractivity contribution is 5.80. The summed E-state index contributed by atoms with van der Waals surface area (Å²) in [5.41, 5.74) is 8.44. The number of benzene rings is 1. The van der Waals surface area contributed by atoms with Crippen LogP contribution in [-0.2, 0) is 5.54 Å². The smallest absolute Gasteiger partial charge is 0.119 e. The maximum Gasteiger partial charge on any atom is 0.119 e. The molecule has 1 heterocycles. The molecule has 1 fully saturated rings. The number of methoxy groups -OCH3 is 1. The van der Waals surface area contributed by atoms with E-state index in [1.165, 1.54) is 12.8 Å². The molecule has 1 aliphatic carbocycles. The first-order chi connectivity index (χ1) is 8.71. The van der Waals surface area contributed by atoms with Crippen LogP contribution in [-0.4, -0.2) is 12.1 Å². The van der Waals surface area contributed by atoms with Gasteiger partial charge in [0.1, 0.15) is 5.75 Å². The van der Waals surface area contributed by atoms with Crippen molar-refractivity contribution in [2.75, 3.05) is 7.11 Å². The quantitative estimate of drug-likeness (QED) is 0.880. The Hall–Kier alpha value is -1.61. The lowest BCUT2D eigenvalue weighted by Gasteiger charge is -2.24. The predicted molar refractivity (Wildman–Crippen MR) is 72.6 cm³/mol. The Bertz CT molecular complexity index is 574. The summed E-state index contributed by atoms with van der Waals surface area (Å²) in [5, 5.41) is 1.10. The fourth-order valence-corrected chi connectivity index (χ4v) is 2.80. The lowest BCUT2D eigenvalue weighted by Crippen LogP contribution is -2.33. The molecule has 1 aromatic carbocycles. The summed E-state index contributed by atoms with van der Waals surface area (Å²) in [6.45, 7) is 0. The largest absolute Gasteiger partial charge is 0.497 e. The molecule has 1 aliphatic rings. The van der Waals surface area contributed by atoms with Gasteiger partial charge < -0.3 is 10.5 Å². The van der Waals surface area contributed by atoms with E-state index < -0.39 is 0 Å². The molecule has 1 aromatic heterocycles. The lowest BCUT2D eigenvalue weighted by molar-refractivity contribution is 0.415. The molecule has 0 atom stereocenters. The highest BCUT2D eigenvalue weighted by Gasteiger charge is 2.31. The van der Waals surface area contributed by atoms with Crippen molar-refractivity contribution in [2.24, 2.45) is 5.73 Å². The van der Waals surface area contributed by atoms with E-state index in [9.17, 15) is 0 Å². The van der Waals surface area contributed by atoms with Gasteiger partial charge in [0.25, 0.3) is 0 Å². The van der Waals surface area contributed by atoms with Crippen molar-refractivity contribution in [3.63, 3.8) is 0 Å². The third-order valence-electron chi connectivity index (χ3n) is 3.96. The van der Waals surface area contributed by atoms with Gasteiger partial charge in [0.2, 0.25) is 0 Å². The van der Waals surface area contributed by atoms with Gasteiger partial charge in [-0.25, -0.2) is 0 Å². The molecule has 0 saturated heterocycles. The van der Waals surface area contributed by atoms with E-state index in [1.54, 1.807) is 7.11 Å². The number of fused-ring (bicyclic) bond motifs is 1. The molecule has 2 aromatic rings. The number of pyridine rings is 1. The van der Waals surface area contributed by atoms with Crippen molar-refractivity contribution in [3.05, 3.63) is 36.0 Å². The van der Waals surface area contributed by atoms with Crippen molar-refractivity contribution in [2.45, 2.75) is 31.2 Å². The molecule has 0 radical (unpaired) electrons. The van der Waals surface area contributed by atoms with Gasteiger partial charge in [0.05, 0.1) is 12.6 Å². The minimum atomic E-state index is -0.176. The van der Waals surface area contributed by atoms with Gasteiger partial charge in [-0.05, 0) is 42.7 Å². The lowest BCUT2D eigenvalue weighted by atomic mass is 9.90. The zero-order chi connectivity index (χ0) is 12.6. The first kappa shape index (κ1) is 11.5. The zero-order valence-electron chi connectivity index (χ0n) is 10.6. The average molecular weight is 242 g/mol. The Morgan fingerprint density at radius 1 is 1.22 bits per heavy atom. The van der Waals surface area contributed by atoms with Crippen LogP contribution in [0.1, 0.15) is 31.2 Å². The summed E-state index contributed by atoms with van der Waals surface area (Å²) in [7, 11) is 1.68. The van der Waals surface area contributed by atoms with Crippen LogP contribution in [0.25, 0.3) is 10.9 Å². The summed E-state index contributed by atoms with van der Waals surface area (Å²) in [6, 6.07) is 8.10. The zero-order valence-corrected chi connectivity index (χ0v) is 10.6. The van der Waals surface area contributed by atoms with Crippen molar-refractivity contribution >= 4 is 10.9 Å². The second kappa shape index (κ2) is 4.25. The normalized spacial score (nSPS) is 18.1. The molecule has 94 valence electrons. The minimum absolute atomic E-state index is 0.176. The molecule has 3 rings (SSSR count). The van der Waals surface area contributed by atoms with Crippen LogP contribution in [0.5, 0.6) is 5.75 Å². The Morgan fingerprint density at radius 3 is 2.72 bits per heavy atom. The number of hydrogen-bond donors (Lipinski definition) is 1. The number of nitrogens with two attached hydrogens (primary N) is 1. The molecule has 0 unspecified atom stereocenters. The van der Waals surface area contributed by atoms with E-state index in [4.69, 9.17) is 10.5 Å². The Morgan fingerprint density at radius 2 is 2.00 bits per heavy atom. The van der Waals surface area contributed by atoms with Crippen molar-refractivity contribution < 1.29 is 4.74 Å². The molecule has 0 amide bonds. The molecule has 0 spiro atoms. The maximum absolute atomic E-state index is 6.47. The van der Waals surface area contributed by atoms with Crippen molar-refractivity contribution in [1.29, 1.82) is 0 Å². The van der Waals surface area contributed by atoms with Gasteiger partial charge in [0.15, 0.2) is 0 Å². The number of ether oxygens (including phenoxy) is 1. The molecule has 1 saturated carbocycles. The monoisotopic (exact) mass is 242 g/mol. The molecular formula is C15H18N2O. The van der Waals surface area contributed by atoms with Crippen LogP contribution < -0.4 is 10.5 Å². The molecule has 0 bridgehead atoms. The maximum atomic E-state index is 6.47. The summed E-state index contributed by atoms with van der Waals surface area (Å²) in [4.78, 5) is 4.51. The van der Waals surface area contributed by atoms with Crippen molar-refractivity contribution in [3.8, 4) is 5.75 Å². The standard InChI is InChI=1S/C15H18N2O/c1-18-13-4-5-14-11(9-13)8-12(10-17-14)15(16)6-2-3-7-15/h4-5,8-10H,2-3,6-7,16H2,1H3. The topological polar surface area (TPSA) is 48.1 Å². The van der Waals surface area contributed by atoms with Gasteiger partial charge in [-0.15, -0.1) is 0 Å². The fraction of sp³-hybridized carbons (Fsp3) is 0.400. The molecule has 18 heavy (non-hydrogen) atoms. The van der Waals surface area contributed by atoms with E-state index in [0.717, 1.165) is 35.1 Å². The third-order valence-corrected chi connectivity index (χ3v) is 3.96. The molecule has 3 heteroatoms. The number of hydrogen-bond acceptors (Lipinski definition) is 3. The number of nitrogens with zero attached hydrogens (tertiary/aromatic N) is 1. The van der Waals surface area contributed by atoms with Gasteiger partial charge >= 0.3 is 0 Å². The van der Waals surface area contributed by atoms with Gasteiger partial charge in [-0.3, -0.25) is 4.98 Å². The van der Waals surface area contributed by atoms with Crippen LogP contribution in [0.15, 0.2) is 30.5 Å². The summed E-state index contributed by atoms with van der Waals surface area (Å²) < 4.78 is 5.25. The van der Waals surface area contributed by atoms with Crippen LogP contribution in [0, 0.1) is 0 Å². The van der Waals surface area contributed by atoms with Crippen LogP contribution in [0.3, 0.4) is 0 Å². The highest BCUT2D eigenvalue weighted by Crippen LogP contribution is 2.37. The fourth-order valence-electron chi connectivity index (χ4n) is 2.80. The summed E-state index contributed by atoms with van der Waals surface area (Å²) in [6.07, 6.45) is 6.48. The van der Waals surface area contributed by atoms with E-state index in [1.807, 2.05) is 24.4 Å². The molecular weight excluding hydrogens is 224 g/mol. The van der Waals surface area contributed by atoms with E-state index in [-0.39, 0.29) is 5.54 Å². The van der Waals surface area contributed by atoms with Gasteiger partial charge in [-0.2, -0.15) is 0 Å². The van der Waals surface area contributed by atoms with Gasteiger partial charge in [-0.1, -0.05) is 12.8 Å². The van der Waals surface area contributed by atoms with Gasteiger partial charge in [0, 0.05) is 17.1 Å². The molecule has 0 aliphatic heterocycles. The molecule has 3 nitrogen and oxygen atoms in total. The predicted octanol–water partition coefficient (Wildman–Crippen LogP) is 2.97. The molecule has 2 N–H and O–H groups in total. The second-order valence-corrected chi connectivity index (χ2v) is 5.15. The average Bonchev–Trinajstić information content (AvgIpc) is 2.85. The van der Waals surface area contributed by atoms with Crippen molar-refractivity contribution in [1.82, 2.24) is 4.98 Å². The Kier molecular flexibility index (Phi) is 2.71. The van der Waals surface area contributed by atoms with Crippen LogP contribution in [0.2, 0.25) is 0 Å². The number of rotatable bonds is 2. The van der Waals surface area contributed by atoms with E-state index in [2.05, 4.69) is 11.1 Å². The first-order valence-electron chi connectivity index (χ1n) is 6.44. The Balaban J connectivity index is 2.09. The summed E-state index contributed by atoms with van der Waals surface area (Å²) in [5.74, 6) is 0.860. The van der Waals surface area contributed by atoms with E-state index >= 15 is 0 Å². The number of aromatic nitrogens is 1. The third kappa shape index (κ3) is 1.85. The highest BCUT2D eigenvalue weighted by atomic mass is 16.5. The summed E-state index contributed by atoms with van der Waals surface area (Å²) >= 11 is 0. The van der Waals surface area contributed by atoms with E-state index in [0.29, 0.717) is 0 Å². The SMILES string of the molecule is COc1ccc2ncc(C3(N)CCCC3)cc2c1. The Labute approximate surface area is 107 Å². The second-order valence-electron chi connectivity index (χ2n) is 5.15. The first-order valence-corrected chi connectivity index (χ1v) is 6.44. The van der Waals surface area contributed by atoms with Crippen LogP contribution in [0.4, 0.5) is 0 Å². The minimum Gasteiger partial charge on any atom is -0.497 e.